The van der Waals surface area contributed by atoms with Crippen LogP contribution in [0.3, 0.4) is 0 Å². The number of hydrogen-bond donors (Lipinski definition) is 1. The Hall–Kier alpha value is -2.25. The topological polar surface area (TPSA) is 66.5 Å². The van der Waals surface area contributed by atoms with Gasteiger partial charge in [-0.1, -0.05) is 30.3 Å². The molecule has 0 saturated carbocycles. The fraction of sp³-hybridized carbons (Fsp3) is 0.316. The van der Waals surface area contributed by atoms with E-state index in [1.807, 2.05) is 12.1 Å². The largest absolute Gasteiger partial charge is 0.348 e. The second-order valence-corrected chi connectivity index (χ2v) is 7.80. The molecule has 26 heavy (non-hydrogen) atoms. The zero-order chi connectivity index (χ0) is 18.6. The lowest BCUT2D eigenvalue weighted by molar-refractivity contribution is 0.0950. The number of rotatable bonds is 6. The van der Waals surface area contributed by atoms with Gasteiger partial charge in [0.1, 0.15) is 0 Å². The van der Waals surface area contributed by atoms with Crippen LogP contribution in [-0.2, 0) is 23.3 Å². The minimum Gasteiger partial charge on any atom is -0.348 e. The van der Waals surface area contributed by atoms with Crippen LogP contribution in [0.5, 0.6) is 0 Å². The van der Waals surface area contributed by atoms with E-state index in [1.54, 1.807) is 0 Å². The molecule has 1 saturated heterocycles. The van der Waals surface area contributed by atoms with Gasteiger partial charge in [-0.05, 0) is 55.3 Å². The first kappa shape index (κ1) is 18.5. The van der Waals surface area contributed by atoms with Crippen molar-refractivity contribution in [2.24, 2.45) is 0 Å². The quantitative estimate of drug-likeness (QED) is 0.788. The van der Waals surface area contributed by atoms with Crippen molar-refractivity contribution in [3.63, 3.8) is 0 Å². The first-order chi connectivity index (χ1) is 12.4. The number of carbonyl (C=O) groups excluding carboxylic acids is 1. The molecule has 1 heterocycles. The van der Waals surface area contributed by atoms with Gasteiger partial charge in [0.2, 0.25) is 0 Å². The Labute approximate surface area is 153 Å². The number of amides is 1. The average Bonchev–Trinajstić information content (AvgIpc) is 3.12. The molecule has 138 valence electrons. The van der Waals surface area contributed by atoms with E-state index in [4.69, 9.17) is 0 Å². The van der Waals surface area contributed by atoms with Crippen LogP contribution in [0.2, 0.25) is 0 Å². The Morgan fingerprint density at radius 3 is 2.46 bits per heavy atom. The van der Waals surface area contributed by atoms with Gasteiger partial charge >= 0.3 is 10.2 Å². The summed E-state index contributed by atoms with van der Waals surface area (Å²) in [5.74, 6) is -0.444. The third-order valence-corrected chi connectivity index (χ3v) is 5.24. The maximum Gasteiger partial charge on any atom is 0.332 e. The molecule has 0 aromatic heterocycles. The maximum atomic E-state index is 13.1. The van der Waals surface area contributed by atoms with Gasteiger partial charge in [-0.2, -0.15) is 8.42 Å². The first-order valence-corrected chi connectivity index (χ1v) is 9.93. The molecule has 1 N–H and O–H groups in total. The normalized spacial score (nSPS) is 15.1. The molecule has 1 fully saturated rings. The number of nitrogens with zero attached hydrogens (tertiary/aromatic N) is 1. The third kappa shape index (κ3) is 4.89. The van der Waals surface area contributed by atoms with Crippen molar-refractivity contribution < 1.29 is 17.1 Å². The molecule has 1 aliphatic rings. The summed E-state index contributed by atoms with van der Waals surface area (Å²) in [7, 11) is -4.83. The number of nitrogens with one attached hydrogen (secondary N) is 1. The zero-order valence-electron chi connectivity index (χ0n) is 14.3. The molecule has 0 aliphatic carbocycles. The Morgan fingerprint density at radius 1 is 1.04 bits per heavy atom. The molecule has 5 nitrogen and oxygen atoms in total. The lowest BCUT2D eigenvalue weighted by atomic mass is 10.1. The Morgan fingerprint density at radius 2 is 1.73 bits per heavy atom. The Kier molecular flexibility index (Phi) is 5.68. The summed E-state index contributed by atoms with van der Waals surface area (Å²) in [6.07, 6.45) is 2.48. The maximum absolute atomic E-state index is 13.1. The predicted molar refractivity (Wildman–Crippen MR) is 96.9 cm³/mol. The van der Waals surface area contributed by atoms with Crippen molar-refractivity contribution in [1.82, 2.24) is 10.2 Å². The van der Waals surface area contributed by atoms with Crippen LogP contribution in [0.1, 0.15) is 34.3 Å². The van der Waals surface area contributed by atoms with Gasteiger partial charge in [0, 0.05) is 18.7 Å². The first-order valence-electron chi connectivity index (χ1n) is 8.55. The fourth-order valence-corrected chi connectivity index (χ4v) is 3.62. The smallest absolute Gasteiger partial charge is 0.332 e. The molecule has 3 rings (SSSR count). The predicted octanol–water partition coefficient (Wildman–Crippen LogP) is 2.87. The van der Waals surface area contributed by atoms with Crippen LogP contribution >= 0.6 is 0 Å². The van der Waals surface area contributed by atoms with Crippen molar-refractivity contribution in [1.29, 1.82) is 0 Å². The lowest BCUT2D eigenvalue weighted by Gasteiger charge is -2.15. The number of likely N-dealkylation sites (tertiary alicyclic amines) is 1. The summed E-state index contributed by atoms with van der Waals surface area (Å²) in [5, 5.41) is 2.74. The molecular formula is C19H21FN2O3S. The summed E-state index contributed by atoms with van der Waals surface area (Å²) in [5.41, 5.74) is 2.27. The van der Waals surface area contributed by atoms with Crippen LogP contribution in [-0.4, -0.2) is 32.3 Å². The van der Waals surface area contributed by atoms with E-state index >= 15 is 0 Å². The van der Waals surface area contributed by atoms with Gasteiger partial charge in [0.25, 0.3) is 5.91 Å². The van der Waals surface area contributed by atoms with E-state index in [1.165, 1.54) is 30.5 Å². The van der Waals surface area contributed by atoms with Gasteiger partial charge in [0.15, 0.2) is 0 Å². The molecule has 0 unspecified atom stereocenters. The molecule has 1 amide bonds. The van der Waals surface area contributed by atoms with Crippen molar-refractivity contribution in [2.45, 2.75) is 30.8 Å². The average molecular weight is 376 g/mol. The van der Waals surface area contributed by atoms with Gasteiger partial charge in [-0.15, -0.1) is 3.89 Å². The van der Waals surface area contributed by atoms with E-state index in [0.29, 0.717) is 6.54 Å². The molecule has 2 aromatic carbocycles. The van der Waals surface area contributed by atoms with Crippen LogP contribution in [0.4, 0.5) is 3.89 Å². The second kappa shape index (κ2) is 7.97. The lowest BCUT2D eigenvalue weighted by Crippen LogP contribution is -2.23. The number of carbonyl (C=O) groups is 1. The molecule has 7 heteroatoms. The van der Waals surface area contributed by atoms with Gasteiger partial charge < -0.3 is 5.32 Å². The molecule has 0 radical (unpaired) electrons. The van der Waals surface area contributed by atoms with Gasteiger partial charge in [-0.25, -0.2) is 0 Å². The molecule has 1 aliphatic heterocycles. The number of benzene rings is 2. The van der Waals surface area contributed by atoms with E-state index in [2.05, 4.69) is 22.3 Å². The van der Waals surface area contributed by atoms with E-state index in [9.17, 15) is 17.1 Å². The zero-order valence-corrected chi connectivity index (χ0v) is 15.1. The summed E-state index contributed by atoms with van der Waals surface area (Å²) in [4.78, 5) is 14.1. The summed E-state index contributed by atoms with van der Waals surface area (Å²) < 4.78 is 35.0. The molecule has 0 spiro atoms. The van der Waals surface area contributed by atoms with Crippen LogP contribution in [0.15, 0.2) is 53.4 Å². The van der Waals surface area contributed by atoms with Gasteiger partial charge in [-0.3, -0.25) is 9.69 Å². The highest BCUT2D eigenvalue weighted by Gasteiger charge is 2.15. The van der Waals surface area contributed by atoms with Gasteiger partial charge in [0.05, 0.1) is 4.90 Å². The summed E-state index contributed by atoms with van der Waals surface area (Å²) in [6.45, 7) is 3.46. The van der Waals surface area contributed by atoms with Crippen LogP contribution < -0.4 is 5.32 Å². The minimum atomic E-state index is -4.83. The highest BCUT2D eigenvalue weighted by Crippen LogP contribution is 2.15. The minimum absolute atomic E-state index is 0.108. The Balaban J connectivity index is 1.62. The van der Waals surface area contributed by atoms with Crippen molar-refractivity contribution in [2.75, 3.05) is 13.1 Å². The molecule has 0 atom stereocenters. The summed E-state index contributed by atoms with van der Waals surface area (Å²) >= 11 is 0. The monoisotopic (exact) mass is 376 g/mol. The Bertz CT molecular complexity index is 893. The highest BCUT2D eigenvalue weighted by molar-refractivity contribution is 7.86. The second-order valence-electron chi connectivity index (χ2n) is 6.45. The van der Waals surface area contributed by atoms with Crippen molar-refractivity contribution >= 4 is 16.1 Å². The van der Waals surface area contributed by atoms with E-state index < -0.39 is 21.0 Å². The number of hydrogen-bond acceptors (Lipinski definition) is 4. The standard InChI is InChI=1S/C19H21FN2O3S/c20-26(24,25)18-8-4-7-17(12-18)19(23)21-13-15-5-3-6-16(11-15)14-22-9-1-2-10-22/h3-8,11-12H,1-2,9-10,13-14H2,(H,21,23). The number of halogens is 1. The van der Waals surface area contributed by atoms with Crippen molar-refractivity contribution in [3.8, 4) is 0 Å². The van der Waals surface area contributed by atoms with E-state index in [0.717, 1.165) is 37.3 Å². The van der Waals surface area contributed by atoms with Crippen LogP contribution in [0, 0.1) is 0 Å². The van der Waals surface area contributed by atoms with Crippen LogP contribution in [0.25, 0.3) is 0 Å². The molecule has 0 bridgehead atoms. The van der Waals surface area contributed by atoms with Crippen molar-refractivity contribution in [3.05, 3.63) is 65.2 Å². The third-order valence-electron chi connectivity index (χ3n) is 4.43. The summed E-state index contributed by atoms with van der Waals surface area (Å²) in [6, 6.07) is 13.0. The fourth-order valence-electron chi connectivity index (χ4n) is 3.11. The van der Waals surface area contributed by atoms with E-state index in [-0.39, 0.29) is 5.56 Å². The molecular weight excluding hydrogens is 355 g/mol. The highest BCUT2D eigenvalue weighted by atomic mass is 32.3. The SMILES string of the molecule is O=C(NCc1cccc(CN2CCCC2)c1)c1cccc(S(=O)(=O)F)c1. The molecule has 2 aromatic rings.